The fourth-order valence-electron chi connectivity index (χ4n) is 2.96. The first-order valence-electron chi connectivity index (χ1n) is 10.0. The molecule has 1 unspecified atom stereocenters. The van der Waals surface area contributed by atoms with Crippen molar-refractivity contribution in [1.82, 2.24) is 5.32 Å². The van der Waals surface area contributed by atoms with E-state index >= 15 is 0 Å². The molecule has 0 bridgehead atoms. The van der Waals surface area contributed by atoms with E-state index in [9.17, 15) is 9.59 Å². The smallest absolute Gasteiger partial charge is 0.265 e. The number of hydrogen-bond acceptors (Lipinski definition) is 3. The van der Waals surface area contributed by atoms with Gasteiger partial charge in [-0.2, -0.15) is 0 Å². The van der Waals surface area contributed by atoms with E-state index in [1.54, 1.807) is 31.2 Å². The fraction of sp³-hybridized carbons (Fsp3) is 0.200. The van der Waals surface area contributed by atoms with Gasteiger partial charge in [0.1, 0.15) is 5.75 Å². The Hall–Kier alpha value is -3.60. The molecule has 2 amide bonds. The van der Waals surface area contributed by atoms with Crippen molar-refractivity contribution < 1.29 is 14.3 Å². The molecule has 0 heterocycles. The zero-order chi connectivity index (χ0) is 21.3. The van der Waals surface area contributed by atoms with Gasteiger partial charge in [0.15, 0.2) is 6.10 Å². The summed E-state index contributed by atoms with van der Waals surface area (Å²) in [6.07, 6.45) is 0.234. The van der Waals surface area contributed by atoms with Crippen LogP contribution < -0.4 is 15.4 Å². The predicted octanol–water partition coefficient (Wildman–Crippen LogP) is 4.59. The molecule has 0 saturated heterocycles. The molecule has 3 rings (SSSR count). The van der Waals surface area contributed by atoms with Gasteiger partial charge in [-0.05, 0) is 48.7 Å². The van der Waals surface area contributed by atoms with Crippen molar-refractivity contribution >= 4 is 17.5 Å². The summed E-state index contributed by atoms with van der Waals surface area (Å²) in [6, 6.07) is 24.3. The number of hydrogen-bond donors (Lipinski definition) is 2. The maximum Gasteiger partial charge on any atom is 0.265 e. The highest BCUT2D eigenvalue weighted by Crippen LogP contribution is 2.18. The van der Waals surface area contributed by atoms with E-state index in [0.29, 0.717) is 23.5 Å². The summed E-state index contributed by atoms with van der Waals surface area (Å²) in [5, 5.41) is 5.69. The number of para-hydroxylation sites is 1. The number of anilines is 1. The van der Waals surface area contributed by atoms with E-state index in [2.05, 4.69) is 17.6 Å². The van der Waals surface area contributed by atoms with Crippen LogP contribution in [0, 0.1) is 0 Å². The second kappa shape index (κ2) is 10.3. The quantitative estimate of drug-likeness (QED) is 0.579. The lowest BCUT2D eigenvalue weighted by Gasteiger charge is -2.16. The van der Waals surface area contributed by atoms with Crippen LogP contribution in [0.2, 0.25) is 0 Å². The molecular formula is C25H26N2O3. The van der Waals surface area contributed by atoms with Crippen molar-refractivity contribution in [2.24, 2.45) is 0 Å². The van der Waals surface area contributed by atoms with Gasteiger partial charge in [0.2, 0.25) is 0 Å². The summed E-state index contributed by atoms with van der Waals surface area (Å²) < 4.78 is 5.74. The number of aryl methyl sites for hydroxylation is 1. The van der Waals surface area contributed by atoms with Crippen LogP contribution in [0.3, 0.4) is 0 Å². The van der Waals surface area contributed by atoms with Gasteiger partial charge in [-0.3, -0.25) is 9.59 Å². The van der Waals surface area contributed by atoms with Gasteiger partial charge in [0, 0.05) is 6.54 Å². The molecule has 3 aromatic rings. The lowest BCUT2D eigenvalue weighted by molar-refractivity contribution is -0.122. The van der Waals surface area contributed by atoms with Crippen molar-refractivity contribution in [2.45, 2.75) is 32.9 Å². The first kappa shape index (κ1) is 21.1. The zero-order valence-corrected chi connectivity index (χ0v) is 17.2. The topological polar surface area (TPSA) is 67.4 Å². The van der Waals surface area contributed by atoms with Crippen LogP contribution in [0.5, 0.6) is 5.75 Å². The van der Waals surface area contributed by atoms with Crippen LogP contribution in [0.1, 0.15) is 35.3 Å². The summed E-state index contributed by atoms with van der Waals surface area (Å²) in [6.45, 7) is 4.18. The highest BCUT2D eigenvalue weighted by Gasteiger charge is 2.18. The van der Waals surface area contributed by atoms with E-state index in [4.69, 9.17) is 4.74 Å². The molecule has 30 heavy (non-hydrogen) atoms. The SMILES string of the molecule is CCc1ccc(OC(C)C(=O)Nc2ccccc2C(=O)NCc2ccccc2)cc1. The van der Waals surface area contributed by atoms with Crippen LogP contribution in [0.25, 0.3) is 0 Å². The van der Waals surface area contributed by atoms with Crippen molar-refractivity contribution in [2.75, 3.05) is 5.32 Å². The highest BCUT2D eigenvalue weighted by molar-refractivity contribution is 6.04. The number of ether oxygens (including phenoxy) is 1. The standard InChI is InChI=1S/C25H26N2O3/c1-3-19-13-15-21(16-14-19)30-18(2)24(28)27-23-12-8-7-11-22(23)25(29)26-17-20-9-5-4-6-10-20/h4-16,18H,3,17H2,1-2H3,(H,26,29)(H,27,28). The minimum absolute atomic E-state index is 0.251. The molecule has 0 fully saturated rings. The second-order valence-electron chi connectivity index (χ2n) is 6.96. The number of carbonyl (C=O) groups excluding carboxylic acids is 2. The molecule has 0 aliphatic carbocycles. The summed E-state index contributed by atoms with van der Waals surface area (Å²) in [5.74, 6) is 0.0556. The van der Waals surface area contributed by atoms with Crippen molar-refractivity contribution in [1.29, 1.82) is 0 Å². The lowest BCUT2D eigenvalue weighted by atomic mass is 10.1. The Morgan fingerprint density at radius 3 is 2.23 bits per heavy atom. The Labute approximate surface area is 177 Å². The van der Waals surface area contributed by atoms with Crippen LogP contribution in [-0.2, 0) is 17.8 Å². The number of rotatable bonds is 8. The number of nitrogens with one attached hydrogen (secondary N) is 2. The Morgan fingerprint density at radius 1 is 0.867 bits per heavy atom. The van der Waals surface area contributed by atoms with E-state index in [-0.39, 0.29) is 11.8 Å². The summed E-state index contributed by atoms with van der Waals surface area (Å²) in [7, 11) is 0. The molecule has 3 aromatic carbocycles. The minimum atomic E-state index is -0.710. The van der Waals surface area contributed by atoms with E-state index in [0.717, 1.165) is 12.0 Å². The number of benzene rings is 3. The molecule has 0 spiro atoms. The van der Waals surface area contributed by atoms with Crippen LogP contribution in [-0.4, -0.2) is 17.9 Å². The van der Waals surface area contributed by atoms with Crippen LogP contribution in [0.15, 0.2) is 78.9 Å². The molecule has 2 N–H and O–H groups in total. The molecule has 5 nitrogen and oxygen atoms in total. The Balaban J connectivity index is 1.62. The molecule has 0 saturated carbocycles. The van der Waals surface area contributed by atoms with Gasteiger partial charge in [0.05, 0.1) is 11.3 Å². The maximum absolute atomic E-state index is 12.6. The van der Waals surface area contributed by atoms with Gasteiger partial charge in [-0.25, -0.2) is 0 Å². The van der Waals surface area contributed by atoms with Crippen LogP contribution >= 0.6 is 0 Å². The highest BCUT2D eigenvalue weighted by atomic mass is 16.5. The molecule has 0 radical (unpaired) electrons. The average Bonchev–Trinajstić information content (AvgIpc) is 2.79. The predicted molar refractivity (Wildman–Crippen MR) is 119 cm³/mol. The fourth-order valence-corrected chi connectivity index (χ4v) is 2.96. The largest absolute Gasteiger partial charge is 0.481 e. The summed E-state index contributed by atoms with van der Waals surface area (Å²) in [5.41, 5.74) is 3.06. The normalized spacial score (nSPS) is 11.4. The Morgan fingerprint density at radius 2 is 1.53 bits per heavy atom. The molecule has 0 aliphatic heterocycles. The van der Waals surface area contributed by atoms with E-state index in [1.807, 2.05) is 54.6 Å². The average molecular weight is 402 g/mol. The summed E-state index contributed by atoms with van der Waals surface area (Å²) in [4.78, 5) is 25.3. The van der Waals surface area contributed by atoms with Crippen LogP contribution in [0.4, 0.5) is 5.69 Å². The van der Waals surface area contributed by atoms with Crippen molar-refractivity contribution in [3.8, 4) is 5.75 Å². The Bertz CT molecular complexity index is 985. The third-order valence-electron chi connectivity index (χ3n) is 4.74. The second-order valence-corrected chi connectivity index (χ2v) is 6.96. The van der Waals surface area contributed by atoms with Gasteiger partial charge < -0.3 is 15.4 Å². The first-order valence-corrected chi connectivity index (χ1v) is 10.0. The van der Waals surface area contributed by atoms with E-state index in [1.165, 1.54) is 5.56 Å². The van der Waals surface area contributed by atoms with Crippen molar-refractivity contribution in [3.63, 3.8) is 0 Å². The van der Waals surface area contributed by atoms with Gasteiger partial charge >= 0.3 is 0 Å². The maximum atomic E-state index is 12.6. The van der Waals surface area contributed by atoms with Gasteiger partial charge in [0.25, 0.3) is 11.8 Å². The van der Waals surface area contributed by atoms with E-state index < -0.39 is 6.10 Å². The zero-order valence-electron chi connectivity index (χ0n) is 17.2. The third-order valence-corrected chi connectivity index (χ3v) is 4.74. The van der Waals surface area contributed by atoms with Gasteiger partial charge in [-0.15, -0.1) is 0 Å². The molecule has 1 atom stereocenters. The molecular weight excluding hydrogens is 376 g/mol. The Kier molecular flexibility index (Phi) is 7.22. The van der Waals surface area contributed by atoms with Gasteiger partial charge in [-0.1, -0.05) is 61.5 Å². The first-order chi connectivity index (χ1) is 14.6. The molecule has 154 valence electrons. The third kappa shape index (κ3) is 5.70. The number of carbonyl (C=O) groups is 2. The lowest BCUT2D eigenvalue weighted by Crippen LogP contribution is -2.31. The minimum Gasteiger partial charge on any atom is -0.481 e. The summed E-state index contributed by atoms with van der Waals surface area (Å²) >= 11 is 0. The van der Waals surface area contributed by atoms with Crippen molar-refractivity contribution in [3.05, 3.63) is 95.6 Å². The molecule has 0 aromatic heterocycles. The monoisotopic (exact) mass is 402 g/mol. The molecule has 5 heteroatoms. The molecule has 0 aliphatic rings. The number of amides is 2.